The normalized spacial score (nSPS) is 23.1. The van der Waals surface area contributed by atoms with E-state index in [0.29, 0.717) is 50.1 Å². The van der Waals surface area contributed by atoms with Gasteiger partial charge in [-0.05, 0) is 75.6 Å². The summed E-state index contributed by atoms with van der Waals surface area (Å²) in [4.78, 5) is 26.1. The minimum absolute atomic E-state index is 0.0387. The van der Waals surface area contributed by atoms with E-state index in [1.807, 2.05) is 24.0 Å². The van der Waals surface area contributed by atoms with Crippen LogP contribution in [0.5, 0.6) is 11.5 Å². The molecule has 1 saturated heterocycles. The first kappa shape index (κ1) is 27.9. The van der Waals surface area contributed by atoms with Crippen molar-refractivity contribution < 1.29 is 28.9 Å². The van der Waals surface area contributed by atoms with Crippen molar-refractivity contribution in [3.63, 3.8) is 0 Å². The van der Waals surface area contributed by atoms with Crippen LogP contribution < -0.4 is 15.8 Å². The standard InChI is InChI=1S/C29H38FN3O5/c1-19-6-2-8-23(16-19)38-26-24(9-3-10-25(26)30)29(37,13-5-14-32-28(35)36)21-7-4-15-33(18-21)27(34)20-11-12-22(31)17-20/h2-3,6,8-10,16,20-22,32,37H,4-5,7,11-15,17-18,31H2,1H3,(H,35,36)/t20-,21-,22+,29+/m1/s1. The summed E-state index contributed by atoms with van der Waals surface area (Å²) in [5.41, 5.74) is 5.75. The van der Waals surface area contributed by atoms with Crippen LogP contribution in [0, 0.1) is 24.6 Å². The summed E-state index contributed by atoms with van der Waals surface area (Å²) in [5.74, 6) is -0.642. The summed E-state index contributed by atoms with van der Waals surface area (Å²) in [6, 6.07) is 11.8. The summed E-state index contributed by atoms with van der Waals surface area (Å²) in [5, 5.41) is 23.7. The van der Waals surface area contributed by atoms with Crippen molar-refractivity contribution in [1.29, 1.82) is 0 Å². The Balaban J connectivity index is 1.65. The largest absolute Gasteiger partial charge is 0.465 e. The van der Waals surface area contributed by atoms with Gasteiger partial charge in [0.05, 0.1) is 5.60 Å². The van der Waals surface area contributed by atoms with Crippen LogP contribution in [0.1, 0.15) is 56.1 Å². The lowest BCUT2D eigenvalue weighted by molar-refractivity contribution is -0.141. The Labute approximate surface area is 223 Å². The third-order valence-electron chi connectivity index (χ3n) is 7.88. The van der Waals surface area contributed by atoms with Gasteiger partial charge in [0.1, 0.15) is 5.75 Å². The predicted molar refractivity (Wildman–Crippen MR) is 141 cm³/mol. The van der Waals surface area contributed by atoms with Crippen molar-refractivity contribution in [3.05, 3.63) is 59.4 Å². The second-order valence-electron chi connectivity index (χ2n) is 10.7. The van der Waals surface area contributed by atoms with Gasteiger partial charge >= 0.3 is 6.09 Å². The Bertz CT molecular complexity index is 1140. The van der Waals surface area contributed by atoms with E-state index in [4.69, 9.17) is 15.6 Å². The third-order valence-corrected chi connectivity index (χ3v) is 7.88. The smallest absolute Gasteiger partial charge is 0.404 e. The molecule has 1 heterocycles. The van der Waals surface area contributed by atoms with Gasteiger partial charge in [0.25, 0.3) is 0 Å². The van der Waals surface area contributed by atoms with Crippen LogP contribution in [0.25, 0.3) is 0 Å². The molecule has 0 radical (unpaired) electrons. The number of hydrogen-bond acceptors (Lipinski definition) is 5. The lowest BCUT2D eigenvalue weighted by Crippen LogP contribution is -2.49. The Kier molecular flexibility index (Phi) is 8.89. The first-order chi connectivity index (χ1) is 18.2. The SMILES string of the molecule is Cc1cccc(Oc2c(F)cccc2[C@](O)(CCCNC(=O)O)[C@@H]2CCCN(C(=O)[C@@H]3CC[C@H](N)C3)C2)c1. The fourth-order valence-corrected chi connectivity index (χ4v) is 5.93. The zero-order valence-corrected chi connectivity index (χ0v) is 21.9. The van der Waals surface area contributed by atoms with Gasteiger partial charge in [0.2, 0.25) is 5.91 Å². The van der Waals surface area contributed by atoms with E-state index in [0.717, 1.165) is 18.4 Å². The quantitative estimate of drug-likeness (QED) is 0.355. The van der Waals surface area contributed by atoms with Gasteiger partial charge in [-0.25, -0.2) is 9.18 Å². The number of aliphatic hydroxyl groups is 1. The van der Waals surface area contributed by atoms with Crippen molar-refractivity contribution in [2.24, 2.45) is 17.6 Å². The number of para-hydroxylation sites is 1. The summed E-state index contributed by atoms with van der Waals surface area (Å²) >= 11 is 0. The number of likely N-dealkylation sites (tertiary alicyclic amines) is 1. The lowest BCUT2D eigenvalue weighted by Gasteiger charge is -2.44. The average Bonchev–Trinajstić information content (AvgIpc) is 3.33. The van der Waals surface area contributed by atoms with Crippen LogP contribution in [-0.4, -0.2) is 52.8 Å². The van der Waals surface area contributed by atoms with E-state index >= 15 is 4.39 Å². The second kappa shape index (κ2) is 12.1. The van der Waals surface area contributed by atoms with Crippen LogP contribution in [-0.2, 0) is 10.4 Å². The van der Waals surface area contributed by atoms with Crippen molar-refractivity contribution in [2.45, 2.75) is 63.5 Å². The second-order valence-corrected chi connectivity index (χ2v) is 10.7. The third kappa shape index (κ3) is 6.45. The maximum atomic E-state index is 15.3. The number of carboxylic acid groups (broad SMARTS) is 1. The minimum atomic E-state index is -1.55. The molecule has 0 bridgehead atoms. The van der Waals surface area contributed by atoms with Gasteiger partial charge in [-0.2, -0.15) is 0 Å². The predicted octanol–water partition coefficient (Wildman–Crippen LogP) is 4.53. The molecule has 5 N–H and O–H groups in total. The lowest BCUT2D eigenvalue weighted by atomic mass is 9.73. The number of nitrogens with one attached hydrogen (secondary N) is 1. The van der Waals surface area contributed by atoms with Gasteiger partial charge in [-0.1, -0.05) is 24.3 Å². The molecule has 8 nitrogen and oxygen atoms in total. The fraction of sp³-hybridized carbons (Fsp3) is 0.517. The summed E-state index contributed by atoms with van der Waals surface area (Å²) in [6.45, 7) is 2.98. The molecule has 1 saturated carbocycles. The molecule has 2 aliphatic rings. The van der Waals surface area contributed by atoms with Crippen LogP contribution in [0.4, 0.5) is 9.18 Å². The van der Waals surface area contributed by atoms with Crippen molar-refractivity contribution in [3.8, 4) is 11.5 Å². The molecular weight excluding hydrogens is 489 g/mol. The van der Waals surface area contributed by atoms with Crippen molar-refractivity contribution >= 4 is 12.0 Å². The molecular formula is C29H38FN3O5. The molecule has 2 fully saturated rings. The van der Waals surface area contributed by atoms with Gasteiger partial charge in [0, 0.05) is 43.1 Å². The molecule has 2 amide bonds. The minimum Gasteiger partial charge on any atom is -0.465 e. The Morgan fingerprint density at radius 2 is 2.00 bits per heavy atom. The molecule has 0 aromatic heterocycles. The van der Waals surface area contributed by atoms with Crippen LogP contribution in [0.2, 0.25) is 0 Å². The van der Waals surface area contributed by atoms with E-state index in [-0.39, 0.29) is 42.5 Å². The van der Waals surface area contributed by atoms with E-state index in [1.54, 1.807) is 24.3 Å². The van der Waals surface area contributed by atoms with Crippen LogP contribution >= 0.6 is 0 Å². The molecule has 4 atom stereocenters. The number of piperidine rings is 1. The highest BCUT2D eigenvalue weighted by Crippen LogP contribution is 2.45. The molecule has 1 aliphatic heterocycles. The van der Waals surface area contributed by atoms with E-state index < -0.39 is 17.5 Å². The van der Waals surface area contributed by atoms with E-state index in [9.17, 15) is 14.7 Å². The molecule has 4 rings (SSSR count). The van der Waals surface area contributed by atoms with Crippen LogP contribution in [0.15, 0.2) is 42.5 Å². The molecule has 0 spiro atoms. The average molecular weight is 528 g/mol. The first-order valence-corrected chi connectivity index (χ1v) is 13.4. The molecule has 2 aromatic rings. The molecule has 38 heavy (non-hydrogen) atoms. The monoisotopic (exact) mass is 527 g/mol. The van der Waals surface area contributed by atoms with Gasteiger partial charge < -0.3 is 30.9 Å². The number of hydrogen-bond donors (Lipinski definition) is 4. The molecule has 206 valence electrons. The number of rotatable bonds is 9. The van der Waals surface area contributed by atoms with Gasteiger partial charge in [-0.3, -0.25) is 4.79 Å². The molecule has 1 aliphatic carbocycles. The zero-order chi connectivity index (χ0) is 27.3. The highest BCUT2D eigenvalue weighted by Gasteiger charge is 2.44. The van der Waals surface area contributed by atoms with Crippen molar-refractivity contribution in [1.82, 2.24) is 10.2 Å². The summed E-state index contributed by atoms with van der Waals surface area (Å²) in [7, 11) is 0. The molecule has 2 aromatic carbocycles. The van der Waals surface area contributed by atoms with Gasteiger partial charge in [-0.15, -0.1) is 0 Å². The number of carbonyl (C=O) groups is 2. The number of benzene rings is 2. The van der Waals surface area contributed by atoms with Crippen LogP contribution in [0.3, 0.4) is 0 Å². The number of aryl methyl sites for hydroxylation is 1. The Hall–Kier alpha value is -3.17. The molecule has 9 heteroatoms. The van der Waals surface area contributed by atoms with Crippen molar-refractivity contribution in [2.75, 3.05) is 19.6 Å². The summed E-state index contributed by atoms with van der Waals surface area (Å²) in [6.07, 6.45) is 2.95. The number of carbonyl (C=O) groups excluding carboxylic acids is 1. The highest BCUT2D eigenvalue weighted by atomic mass is 19.1. The number of amides is 2. The number of halogens is 1. The highest BCUT2D eigenvalue weighted by molar-refractivity contribution is 5.79. The maximum absolute atomic E-state index is 15.3. The zero-order valence-electron chi connectivity index (χ0n) is 21.9. The number of nitrogens with two attached hydrogens (primary N) is 1. The molecule has 0 unspecified atom stereocenters. The maximum Gasteiger partial charge on any atom is 0.404 e. The first-order valence-electron chi connectivity index (χ1n) is 13.4. The topological polar surface area (TPSA) is 125 Å². The number of nitrogens with zero attached hydrogens (tertiary/aromatic N) is 1. The summed E-state index contributed by atoms with van der Waals surface area (Å²) < 4.78 is 21.3. The Morgan fingerprint density at radius 3 is 2.71 bits per heavy atom. The Morgan fingerprint density at radius 1 is 1.21 bits per heavy atom. The van der Waals surface area contributed by atoms with E-state index in [1.165, 1.54) is 6.07 Å². The van der Waals surface area contributed by atoms with E-state index in [2.05, 4.69) is 5.32 Å². The fourth-order valence-electron chi connectivity index (χ4n) is 5.93. The number of ether oxygens (including phenoxy) is 1. The van der Waals surface area contributed by atoms with Gasteiger partial charge in [0.15, 0.2) is 11.6 Å².